The number of benzene rings is 1. The predicted octanol–water partition coefficient (Wildman–Crippen LogP) is 3.48. The molecule has 1 heterocycles. The Labute approximate surface area is 93.1 Å². The van der Waals surface area contributed by atoms with E-state index in [1.54, 1.807) is 0 Å². The fourth-order valence-corrected chi connectivity index (χ4v) is 2.73. The van der Waals surface area contributed by atoms with Crippen molar-refractivity contribution in [3.8, 4) is 0 Å². The molecule has 0 aliphatic carbocycles. The molecule has 0 radical (unpaired) electrons. The summed E-state index contributed by atoms with van der Waals surface area (Å²) in [6.45, 7) is 4.64. The molecule has 1 aromatic carbocycles. The van der Waals surface area contributed by atoms with Gasteiger partial charge in [-0.1, -0.05) is 31.5 Å². The Morgan fingerprint density at radius 1 is 1.33 bits per heavy atom. The van der Waals surface area contributed by atoms with Crippen molar-refractivity contribution >= 4 is 5.69 Å². The molecule has 2 atom stereocenters. The Kier molecular flexibility index (Phi) is 2.99. The van der Waals surface area contributed by atoms with Gasteiger partial charge in [0, 0.05) is 18.8 Å². The molecule has 1 unspecified atom stereocenters. The zero-order valence-corrected chi connectivity index (χ0v) is 10.0. The van der Waals surface area contributed by atoms with Crippen molar-refractivity contribution in [2.75, 3.05) is 11.9 Å². The maximum atomic E-state index is 2.44. The molecule has 1 aliphatic heterocycles. The molecule has 2 rings (SSSR count). The normalized spacial score (nSPS) is 25.1. The first-order valence-electron chi connectivity index (χ1n) is 6.04. The molecule has 1 nitrogen and oxygen atoms in total. The second-order valence-electron chi connectivity index (χ2n) is 4.73. The van der Waals surface area contributed by atoms with Crippen molar-refractivity contribution in [3.05, 3.63) is 29.8 Å². The lowest BCUT2D eigenvalue weighted by atomic mass is 9.84. The first kappa shape index (κ1) is 10.5. The zero-order valence-electron chi connectivity index (χ0n) is 10.0. The Bertz CT molecular complexity index is 332. The SMILES string of the molecule is CCCC1Cc2ccccc2N(C)[C@H]1C. The van der Waals surface area contributed by atoms with E-state index >= 15 is 0 Å². The van der Waals surface area contributed by atoms with Gasteiger partial charge in [0.1, 0.15) is 0 Å². The van der Waals surface area contributed by atoms with Gasteiger partial charge in [-0.2, -0.15) is 0 Å². The summed E-state index contributed by atoms with van der Waals surface area (Å²) in [5.74, 6) is 0.829. The lowest BCUT2D eigenvalue weighted by Crippen LogP contribution is -2.40. The van der Waals surface area contributed by atoms with Crippen LogP contribution in [0.15, 0.2) is 24.3 Å². The van der Waals surface area contributed by atoms with Crippen molar-refractivity contribution in [2.24, 2.45) is 5.92 Å². The van der Waals surface area contributed by atoms with E-state index in [-0.39, 0.29) is 0 Å². The van der Waals surface area contributed by atoms with Crippen LogP contribution in [0.25, 0.3) is 0 Å². The third kappa shape index (κ3) is 1.88. The van der Waals surface area contributed by atoms with Crippen LogP contribution in [0.2, 0.25) is 0 Å². The summed E-state index contributed by atoms with van der Waals surface area (Å²) in [6, 6.07) is 9.50. The number of fused-ring (bicyclic) bond motifs is 1. The van der Waals surface area contributed by atoms with Crippen molar-refractivity contribution in [1.29, 1.82) is 0 Å². The van der Waals surface area contributed by atoms with Crippen molar-refractivity contribution in [1.82, 2.24) is 0 Å². The van der Waals surface area contributed by atoms with Gasteiger partial charge in [0.25, 0.3) is 0 Å². The van der Waals surface area contributed by atoms with Crippen LogP contribution in [0.4, 0.5) is 5.69 Å². The van der Waals surface area contributed by atoms with Crippen LogP contribution < -0.4 is 4.90 Å². The fraction of sp³-hybridized carbons (Fsp3) is 0.571. The van der Waals surface area contributed by atoms with E-state index in [0.717, 1.165) is 5.92 Å². The van der Waals surface area contributed by atoms with Crippen LogP contribution >= 0.6 is 0 Å². The van der Waals surface area contributed by atoms with Crippen LogP contribution in [0, 0.1) is 5.92 Å². The van der Waals surface area contributed by atoms with Gasteiger partial charge < -0.3 is 4.90 Å². The quantitative estimate of drug-likeness (QED) is 0.711. The molecule has 0 saturated heterocycles. The molecule has 0 aromatic heterocycles. The molecule has 0 fully saturated rings. The molecular formula is C14H21N. The summed E-state index contributed by atoms with van der Waals surface area (Å²) in [4.78, 5) is 2.44. The second kappa shape index (κ2) is 4.26. The van der Waals surface area contributed by atoms with Gasteiger partial charge in [-0.25, -0.2) is 0 Å². The van der Waals surface area contributed by atoms with E-state index in [1.807, 2.05) is 0 Å². The first-order valence-corrected chi connectivity index (χ1v) is 6.04. The summed E-state index contributed by atoms with van der Waals surface area (Å²) < 4.78 is 0. The Balaban J connectivity index is 2.28. The maximum absolute atomic E-state index is 2.44. The van der Waals surface area contributed by atoms with E-state index in [0.29, 0.717) is 6.04 Å². The third-order valence-electron chi connectivity index (χ3n) is 3.81. The number of rotatable bonds is 2. The molecule has 1 heteroatoms. The first-order chi connectivity index (χ1) is 7.24. The zero-order chi connectivity index (χ0) is 10.8. The maximum Gasteiger partial charge on any atom is 0.0398 e. The van der Waals surface area contributed by atoms with Crippen molar-refractivity contribution in [2.45, 2.75) is 39.2 Å². The molecule has 1 aliphatic rings. The largest absolute Gasteiger partial charge is 0.371 e. The molecule has 82 valence electrons. The highest BCUT2D eigenvalue weighted by Crippen LogP contribution is 2.34. The lowest BCUT2D eigenvalue weighted by molar-refractivity contribution is 0.380. The molecule has 0 N–H and O–H groups in total. The summed E-state index contributed by atoms with van der Waals surface area (Å²) >= 11 is 0. The van der Waals surface area contributed by atoms with Crippen molar-refractivity contribution in [3.63, 3.8) is 0 Å². The van der Waals surface area contributed by atoms with Crippen LogP contribution in [-0.4, -0.2) is 13.1 Å². The molecule has 0 bridgehead atoms. The Morgan fingerprint density at radius 3 is 2.80 bits per heavy atom. The summed E-state index contributed by atoms with van der Waals surface area (Å²) in [5.41, 5.74) is 2.95. The molecule has 1 aromatic rings. The summed E-state index contributed by atoms with van der Waals surface area (Å²) in [6.07, 6.45) is 3.90. The van der Waals surface area contributed by atoms with Gasteiger partial charge in [0.15, 0.2) is 0 Å². The van der Waals surface area contributed by atoms with Crippen LogP contribution in [-0.2, 0) is 6.42 Å². The number of hydrogen-bond acceptors (Lipinski definition) is 1. The third-order valence-corrected chi connectivity index (χ3v) is 3.81. The summed E-state index contributed by atoms with van der Waals surface area (Å²) in [5, 5.41) is 0. The van der Waals surface area contributed by atoms with Gasteiger partial charge in [-0.15, -0.1) is 0 Å². The standard InChI is InChI=1S/C14H21N/c1-4-7-12-10-13-8-5-6-9-14(13)15(3)11(12)2/h5-6,8-9,11-12H,4,7,10H2,1-3H3/t11-,12?/m0/s1. The number of para-hydroxylation sites is 1. The minimum Gasteiger partial charge on any atom is -0.371 e. The number of nitrogens with zero attached hydrogens (tertiary/aromatic N) is 1. The highest BCUT2D eigenvalue weighted by molar-refractivity contribution is 5.56. The molecular weight excluding hydrogens is 182 g/mol. The van der Waals surface area contributed by atoms with Crippen LogP contribution in [0.1, 0.15) is 32.3 Å². The minimum atomic E-state index is 0.680. The molecule has 0 saturated carbocycles. The van der Waals surface area contributed by atoms with E-state index in [4.69, 9.17) is 0 Å². The molecule has 0 amide bonds. The van der Waals surface area contributed by atoms with E-state index < -0.39 is 0 Å². The van der Waals surface area contributed by atoms with Crippen molar-refractivity contribution < 1.29 is 0 Å². The Morgan fingerprint density at radius 2 is 2.07 bits per heavy atom. The smallest absolute Gasteiger partial charge is 0.0398 e. The van der Waals surface area contributed by atoms with E-state index in [2.05, 4.69) is 50.1 Å². The number of hydrogen-bond donors (Lipinski definition) is 0. The van der Waals surface area contributed by atoms with Gasteiger partial charge in [-0.05, 0) is 37.3 Å². The number of anilines is 1. The predicted molar refractivity (Wildman–Crippen MR) is 66.4 cm³/mol. The van der Waals surface area contributed by atoms with Gasteiger partial charge in [0.05, 0.1) is 0 Å². The average Bonchev–Trinajstić information content (AvgIpc) is 2.26. The topological polar surface area (TPSA) is 3.24 Å². The molecule has 15 heavy (non-hydrogen) atoms. The highest BCUT2D eigenvalue weighted by Gasteiger charge is 2.27. The van der Waals surface area contributed by atoms with Gasteiger partial charge in [-0.3, -0.25) is 0 Å². The van der Waals surface area contributed by atoms with E-state index in [9.17, 15) is 0 Å². The van der Waals surface area contributed by atoms with E-state index in [1.165, 1.54) is 30.5 Å². The molecule has 0 spiro atoms. The van der Waals surface area contributed by atoms with Gasteiger partial charge >= 0.3 is 0 Å². The van der Waals surface area contributed by atoms with Crippen LogP contribution in [0.3, 0.4) is 0 Å². The Hall–Kier alpha value is -0.980. The monoisotopic (exact) mass is 203 g/mol. The summed E-state index contributed by atoms with van der Waals surface area (Å²) in [7, 11) is 2.23. The van der Waals surface area contributed by atoms with Gasteiger partial charge in [0.2, 0.25) is 0 Å². The minimum absolute atomic E-state index is 0.680. The lowest BCUT2D eigenvalue weighted by Gasteiger charge is -2.40. The average molecular weight is 203 g/mol. The van der Waals surface area contributed by atoms with Crippen LogP contribution in [0.5, 0.6) is 0 Å². The fourth-order valence-electron chi connectivity index (χ4n) is 2.73. The highest BCUT2D eigenvalue weighted by atomic mass is 15.1. The second-order valence-corrected chi connectivity index (χ2v) is 4.73.